The Balaban J connectivity index is 2.44. The van der Waals surface area contributed by atoms with Crippen molar-refractivity contribution < 1.29 is 19.5 Å². The third-order valence-corrected chi connectivity index (χ3v) is 2.48. The molecule has 1 rings (SSSR count). The first-order valence-electron chi connectivity index (χ1n) is 4.98. The third kappa shape index (κ3) is 4.21. The van der Waals surface area contributed by atoms with Crippen LogP contribution in [-0.2, 0) is 16.6 Å². The average Bonchev–Trinajstić information content (AvgIpc) is 2.62. The van der Waals surface area contributed by atoms with E-state index < -0.39 is 24.3 Å². The molecule has 2 amide bonds. The number of carbonyl (C=O) groups is 3. The number of halogens is 1. The lowest BCUT2D eigenvalue weighted by atomic mass is 10.4. The SMILES string of the molecule is Cn1cc(Br)cc1C(=O)NCC(=O)NCC(=O)O. The Bertz CT molecular complexity index is 483. The molecule has 1 heterocycles. The van der Waals surface area contributed by atoms with Gasteiger partial charge in [0.1, 0.15) is 12.2 Å². The first-order chi connectivity index (χ1) is 8.40. The van der Waals surface area contributed by atoms with Gasteiger partial charge in [-0.3, -0.25) is 14.4 Å². The van der Waals surface area contributed by atoms with E-state index in [2.05, 4.69) is 26.6 Å². The number of carboxylic acids is 1. The van der Waals surface area contributed by atoms with Crippen molar-refractivity contribution in [2.24, 2.45) is 7.05 Å². The fourth-order valence-corrected chi connectivity index (χ4v) is 1.76. The molecule has 0 spiro atoms. The molecule has 0 atom stereocenters. The summed E-state index contributed by atoms with van der Waals surface area (Å²) in [7, 11) is 1.70. The largest absolute Gasteiger partial charge is 0.480 e. The number of aromatic nitrogens is 1. The van der Waals surface area contributed by atoms with Crippen molar-refractivity contribution in [3.8, 4) is 0 Å². The van der Waals surface area contributed by atoms with Crippen molar-refractivity contribution in [2.75, 3.05) is 13.1 Å². The third-order valence-electron chi connectivity index (χ3n) is 2.05. The van der Waals surface area contributed by atoms with Crippen molar-refractivity contribution in [1.29, 1.82) is 0 Å². The molecule has 8 heteroatoms. The van der Waals surface area contributed by atoms with Crippen molar-refractivity contribution in [2.45, 2.75) is 0 Å². The Morgan fingerprint density at radius 2 is 2.00 bits per heavy atom. The molecule has 1 aromatic rings. The van der Waals surface area contributed by atoms with E-state index >= 15 is 0 Å². The van der Waals surface area contributed by atoms with Gasteiger partial charge in [0.25, 0.3) is 5.91 Å². The van der Waals surface area contributed by atoms with Crippen LogP contribution in [0.5, 0.6) is 0 Å². The number of carboxylic acid groups (broad SMARTS) is 1. The minimum atomic E-state index is -1.14. The van der Waals surface area contributed by atoms with E-state index in [-0.39, 0.29) is 6.54 Å². The van der Waals surface area contributed by atoms with E-state index in [1.54, 1.807) is 23.9 Å². The van der Waals surface area contributed by atoms with Gasteiger partial charge in [0.05, 0.1) is 6.54 Å². The van der Waals surface area contributed by atoms with Crippen molar-refractivity contribution in [3.63, 3.8) is 0 Å². The van der Waals surface area contributed by atoms with Crippen LogP contribution in [0.1, 0.15) is 10.5 Å². The van der Waals surface area contributed by atoms with Gasteiger partial charge in [0.15, 0.2) is 0 Å². The number of nitrogens with one attached hydrogen (secondary N) is 2. The molecule has 98 valence electrons. The smallest absolute Gasteiger partial charge is 0.322 e. The van der Waals surface area contributed by atoms with Gasteiger partial charge in [-0.15, -0.1) is 0 Å². The highest BCUT2D eigenvalue weighted by atomic mass is 79.9. The molecule has 0 aliphatic carbocycles. The second-order valence-electron chi connectivity index (χ2n) is 3.51. The summed E-state index contributed by atoms with van der Waals surface area (Å²) in [5.74, 6) is -2.10. The van der Waals surface area contributed by atoms with Gasteiger partial charge in [0, 0.05) is 17.7 Å². The monoisotopic (exact) mass is 317 g/mol. The molecule has 0 saturated heterocycles. The van der Waals surface area contributed by atoms with E-state index in [4.69, 9.17) is 5.11 Å². The molecule has 0 bridgehead atoms. The number of carbonyl (C=O) groups excluding carboxylic acids is 2. The lowest BCUT2D eigenvalue weighted by molar-refractivity contribution is -0.137. The number of nitrogens with zero attached hydrogens (tertiary/aromatic N) is 1. The predicted octanol–water partition coefficient (Wildman–Crippen LogP) is -0.282. The minimum absolute atomic E-state index is 0.269. The molecular formula is C10H12BrN3O4. The lowest BCUT2D eigenvalue weighted by Crippen LogP contribution is -2.39. The Labute approximate surface area is 111 Å². The zero-order valence-corrected chi connectivity index (χ0v) is 11.2. The van der Waals surface area contributed by atoms with Crippen molar-refractivity contribution in [1.82, 2.24) is 15.2 Å². The fraction of sp³-hybridized carbons (Fsp3) is 0.300. The van der Waals surface area contributed by atoms with Crippen molar-refractivity contribution >= 4 is 33.7 Å². The summed E-state index contributed by atoms with van der Waals surface area (Å²) in [5, 5.41) is 12.9. The highest BCUT2D eigenvalue weighted by molar-refractivity contribution is 9.10. The molecule has 0 radical (unpaired) electrons. The molecule has 0 aromatic carbocycles. The highest BCUT2D eigenvalue weighted by Gasteiger charge is 2.12. The van der Waals surface area contributed by atoms with Crippen LogP contribution in [0.4, 0.5) is 0 Å². The van der Waals surface area contributed by atoms with Gasteiger partial charge in [-0.2, -0.15) is 0 Å². The second-order valence-corrected chi connectivity index (χ2v) is 4.42. The van der Waals surface area contributed by atoms with E-state index in [0.29, 0.717) is 5.69 Å². The van der Waals surface area contributed by atoms with Crippen LogP contribution in [0.2, 0.25) is 0 Å². The average molecular weight is 318 g/mol. The van der Waals surface area contributed by atoms with Crippen LogP contribution in [0.15, 0.2) is 16.7 Å². The first kappa shape index (κ1) is 14.2. The Morgan fingerprint density at radius 1 is 1.33 bits per heavy atom. The second kappa shape index (κ2) is 6.20. The van der Waals surface area contributed by atoms with Crippen molar-refractivity contribution in [3.05, 3.63) is 22.4 Å². The van der Waals surface area contributed by atoms with E-state index in [1.165, 1.54) is 0 Å². The van der Waals surface area contributed by atoms with E-state index in [0.717, 1.165) is 4.47 Å². The maximum Gasteiger partial charge on any atom is 0.322 e. The quantitative estimate of drug-likeness (QED) is 0.695. The number of amides is 2. The number of aryl methyl sites for hydroxylation is 1. The Morgan fingerprint density at radius 3 is 2.50 bits per heavy atom. The summed E-state index contributed by atoms with van der Waals surface area (Å²) in [4.78, 5) is 33.0. The molecule has 7 nitrogen and oxygen atoms in total. The summed E-state index contributed by atoms with van der Waals surface area (Å²) in [6, 6.07) is 1.62. The maximum atomic E-state index is 11.7. The molecule has 0 aliphatic rings. The molecule has 0 fully saturated rings. The topological polar surface area (TPSA) is 100 Å². The summed E-state index contributed by atoms with van der Waals surface area (Å²) >= 11 is 3.23. The highest BCUT2D eigenvalue weighted by Crippen LogP contribution is 2.13. The Hall–Kier alpha value is -1.83. The molecule has 0 saturated carbocycles. The van der Waals surface area contributed by atoms with Crippen LogP contribution < -0.4 is 10.6 Å². The van der Waals surface area contributed by atoms with E-state index in [1.807, 2.05) is 0 Å². The molecule has 0 aliphatic heterocycles. The van der Waals surface area contributed by atoms with Crippen LogP contribution in [-0.4, -0.2) is 40.5 Å². The minimum Gasteiger partial charge on any atom is -0.480 e. The van der Waals surface area contributed by atoms with Crippen LogP contribution >= 0.6 is 15.9 Å². The zero-order valence-electron chi connectivity index (χ0n) is 9.57. The number of hydrogen-bond donors (Lipinski definition) is 3. The Kier molecular flexibility index (Phi) is 4.90. The molecule has 0 unspecified atom stereocenters. The van der Waals surface area contributed by atoms with Gasteiger partial charge in [-0.25, -0.2) is 0 Å². The summed E-state index contributed by atoms with van der Waals surface area (Å²) in [6.07, 6.45) is 1.71. The van der Waals surface area contributed by atoms with Gasteiger partial charge in [-0.05, 0) is 22.0 Å². The summed E-state index contributed by atoms with van der Waals surface area (Å²) in [5.41, 5.74) is 0.396. The number of rotatable bonds is 5. The first-order valence-corrected chi connectivity index (χ1v) is 5.78. The normalized spacial score (nSPS) is 9.89. The standard InChI is InChI=1S/C10H12BrN3O4/c1-14-5-6(11)2-7(14)10(18)13-3-8(15)12-4-9(16)17/h2,5H,3-4H2,1H3,(H,12,15)(H,13,18)(H,16,17). The molecule has 3 N–H and O–H groups in total. The molecular weight excluding hydrogens is 306 g/mol. The number of aliphatic carboxylic acids is 1. The zero-order chi connectivity index (χ0) is 13.7. The predicted molar refractivity (Wildman–Crippen MR) is 66.1 cm³/mol. The summed E-state index contributed by atoms with van der Waals surface area (Å²) in [6.45, 7) is -0.737. The van der Waals surface area contributed by atoms with Gasteiger partial charge in [-0.1, -0.05) is 0 Å². The molecule has 1 aromatic heterocycles. The molecule has 18 heavy (non-hydrogen) atoms. The summed E-state index contributed by atoms with van der Waals surface area (Å²) < 4.78 is 2.36. The van der Waals surface area contributed by atoms with Gasteiger partial charge >= 0.3 is 5.97 Å². The van der Waals surface area contributed by atoms with Crippen LogP contribution in [0.25, 0.3) is 0 Å². The maximum absolute atomic E-state index is 11.7. The van der Waals surface area contributed by atoms with Gasteiger partial charge in [0.2, 0.25) is 5.91 Å². The van der Waals surface area contributed by atoms with Crippen LogP contribution in [0.3, 0.4) is 0 Å². The van der Waals surface area contributed by atoms with Crippen LogP contribution in [0, 0.1) is 0 Å². The number of hydrogen-bond acceptors (Lipinski definition) is 3. The van der Waals surface area contributed by atoms with Gasteiger partial charge < -0.3 is 20.3 Å². The fourth-order valence-electron chi connectivity index (χ4n) is 1.24. The lowest BCUT2D eigenvalue weighted by Gasteiger charge is -2.05. The van der Waals surface area contributed by atoms with E-state index in [9.17, 15) is 14.4 Å².